The summed E-state index contributed by atoms with van der Waals surface area (Å²) in [6, 6.07) is 6.05. The second-order valence-corrected chi connectivity index (χ2v) is 4.99. The minimum atomic E-state index is -0.179. The van der Waals surface area contributed by atoms with Crippen molar-refractivity contribution in [2.75, 3.05) is 19.0 Å². The number of hydrogen-bond acceptors (Lipinski definition) is 3. The number of hydrogen-bond donors (Lipinski definition) is 1. The summed E-state index contributed by atoms with van der Waals surface area (Å²) in [6.45, 7) is 2.60. The minimum absolute atomic E-state index is 0.179. The van der Waals surface area contributed by atoms with Gasteiger partial charge in [-0.15, -0.1) is 0 Å². The van der Waals surface area contributed by atoms with E-state index in [1.807, 2.05) is 19.1 Å². The average Bonchev–Trinajstić information content (AvgIpc) is 3.06. The van der Waals surface area contributed by atoms with E-state index in [0.717, 1.165) is 29.8 Å². The molecular weight excluding hydrogens is 236 g/mol. The van der Waals surface area contributed by atoms with Crippen LogP contribution in [-0.2, 0) is 0 Å². The molecule has 0 radical (unpaired) electrons. The van der Waals surface area contributed by atoms with Crippen LogP contribution in [0.1, 0.15) is 18.4 Å². The van der Waals surface area contributed by atoms with Crippen molar-refractivity contribution in [3.8, 4) is 11.8 Å². The van der Waals surface area contributed by atoms with Crippen molar-refractivity contribution in [2.24, 2.45) is 5.41 Å². The lowest BCUT2D eigenvalue weighted by atomic mass is 10.1. The van der Waals surface area contributed by atoms with E-state index in [0.29, 0.717) is 11.6 Å². The molecule has 17 heavy (non-hydrogen) atoms. The molecule has 0 spiro atoms. The fraction of sp³-hybridized carbons (Fsp3) is 0.462. The second kappa shape index (κ2) is 4.46. The van der Waals surface area contributed by atoms with E-state index in [1.165, 1.54) is 0 Å². The van der Waals surface area contributed by atoms with Gasteiger partial charge in [0.05, 0.1) is 24.3 Å². The number of ether oxygens (including phenoxy) is 1. The van der Waals surface area contributed by atoms with Crippen molar-refractivity contribution in [1.29, 1.82) is 5.26 Å². The summed E-state index contributed by atoms with van der Waals surface area (Å²) in [5.74, 6) is 0.795. The zero-order valence-electron chi connectivity index (χ0n) is 10.0. The number of halogens is 1. The Bertz CT molecular complexity index is 475. The maximum absolute atomic E-state index is 9.02. The van der Waals surface area contributed by atoms with E-state index >= 15 is 0 Å². The second-order valence-electron chi connectivity index (χ2n) is 4.55. The summed E-state index contributed by atoms with van der Waals surface area (Å²) in [5, 5.41) is 13.0. The molecule has 4 heteroatoms. The van der Waals surface area contributed by atoms with Gasteiger partial charge in [-0.2, -0.15) is 5.26 Å². The molecule has 0 unspecified atom stereocenters. The molecular formula is C13H15ClN2O. The maximum atomic E-state index is 9.02. The Balaban J connectivity index is 2.17. The van der Waals surface area contributed by atoms with Gasteiger partial charge in [-0.25, -0.2) is 0 Å². The Morgan fingerprint density at radius 1 is 1.53 bits per heavy atom. The van der Waals surface area contributed by atoms with Crippen molar-refractivity contribution in [3.63, 3.8) is 0 Å². The van der Waals surface area contributed by atoms with Crippen molar-refractivity contribution >= 4 is 17.3 Å². The third-order valence-corrected chi connectivity index (χ3v) is 3.37. The van der Waals surface area contributed by atoms with Gasteiger partial charge in [-0.05, 0) is 37.5 Å². The van der Waals surface area contributed by atoms with Gasteiger partial charge in [0.1, 0.15) is 5.75 Å². The SMILES string of the molecule is COc1c(C)cc(Cl)cc1NCC1(C#N)CC1. The Kier molecular flexibility index (Phi) is 3.17. The standard InChI is InChI=1S/C13H15ClN2O/c1-9-5-10(14)6-11(12(9)17-2)16-8-13(7-15)3-4-13/h5-6,16H,3-4,8H2,1-2H3. The monoisotopic (exact) mass is 250 g/mol. The third kappa shape index (κ3) is 2.48. The van der Waals surface area contributed by atoms with Crippen LogP contribution in [0.3, 0.4) is 0 Å². The molecule has 1 aromatic rings. The first kappa shape index (κ1) is 12.1. The fourth-order valence-corrected chi connectivity index (χ4v) is 2.15. The lowest BCUT2D eigenvalue weighted by Gasteiger charge is -2.15. The first-order valence-corrected chi connectivity index (χ1v) is 5.97. The van der Waals surface area contributed by atoms with Gasteiger partial charge in [-0.3, -0.25) is 0 Å². The van der Waals surface area contributed by atoms with Gasteiger partial charge >= 0.3 is 0 Å². The van der Waals surface area contributed by atoms with Crippen LogP contribution in [0.25, 0.3) is 0 Å². The van der Waals surface area contributed by atoms with Crippen LogP contribution >= 0.6 is 11.6 Å². The normalized spacial score (nSPS) is 16.1. The molecule has 1 aromatic carbocycles. The highest BCUT2D eigenvalue weighted by Crippen LogP contribution is 2.45. The van der Waals surface area contributed by atoms with Crippen LogP contribution < -0.4 is 10.1 Å². The molecule has 1 aliphatic carbocycles. The summed E-state index contributed by atoms with van der Waals surface area (Å²) >= 11 is 6.02. The molecule has 0 aliphatic heterocycles. The zero-order chi connectivity index (χ0) is 12.5. The van der Waals surface area contributed by atoms with Crippen LogP contribution in [0.5, 0.6) is 5.75 Å². The van der Waals surface area contributed by atoms with Crippen molar-refractivity contribution in [2.45, 2.75) is 19.8 Å². The number of aryl methyl sites for hydroxylation is 1. The molecule has 0 bridgehead atoms. The summed E-state index contributed by atoms with van der Waals surface area (Å²) in [5.41, 5.74) is 1.67. The molecule has 0 amide bonds. The number of nitriles is 1. The topological polar surface area (TPSA) is 45.0 Å². The molecule has 1 N–H and O–H groups in total. The summed E-state index contributed by atoms with van der Waals surface area (Å²) in [7, 11) is 1.64. The number of methoxy groups -OCH3 is 1. The number of anilines is 1. The highest BCUT2D eigenvalue weighted by Gasteiger charge is 2.43. The van der Waals surface area contributed by atoms with E-state index in [2.05, 4.69) is 11.4 Å². The first-order valence-electron chi connectivity index (χ1n) is 5.59. The van der Waals surface area contributed by atoms with Gasteiger partial charge in [0.15, 0.2) is 0 Å². The predicted octanol–water partition coefficient (Wildman–Crippen LogP) is 3.37. The summed E-state index contributed by atoms with van der Waals surface area (Å²) in [6.07, 6.45) is 1.94. The molecule has 0 atom stereocenters. The lowest BCUT2D eigenvalue weighted by molar-refractivity contribution is 0.413. The van der Waals surface area contributed by atoms with Gasteiger partial charge in [-0.1, -0.05) is 11.6 Å². The molecule has 1 fully saturated rings. The zero-order valence-corrected chi connectivity index (χ0v) is 10.8. The van der Waals surface area contributed by atoms with Crippen LogP contribution in [-0.4, -0.2) is 13.7 Å². The Morgan fingerprint density at radius 3 is 2.76 bits per heavy atom. The Labute approximate surface area is 106 Å². The van der Waals surface area contributed by atoms with E-state index in [1.54, 1.807) is 7.11 Å². The van der Waals surface area contributed by atoms with Gasteiger partial charge in [0.25, 0.3) is 0 Å². The molecule has 3 nitrogen and oxygen atoms in total. The number of rotatable bonds is 4. The fourth-order valence-electron chi connectivity index (χ4n) is 1.88. The number of nitrogens with one attached hydrogen (secondary N) is 1. The molecule has 1 saturated carbocycles. The minimum Gasteiger partial charge on any atom is -0.494 e. The number of nitrogens with zero attached hydrogens (tertiary/aromatic N) is 1. The van der Waals surface area contributed by atoms with Crippen molar-refractivity contribution in [3.05, 3.63) is 22.7 Å². The van der Waals surface area contributed by atoms with Crippen molar-refractivity contribution < 1.29 is 4.74 Å². The molecule has 0 heterocycles. The van der Waals surface area contributed by atoms with Crippen LogP contribution in [0.4, 0.5) is 5.69 Å². The average molecular weight is 251 g/mol. The van der Waals surface area contributed by atoms with E-state index < -0.39 is 0 Å². The van der Waals surface area contributed by atoms with Gasteiger partial charge < -0.3 is 10.1 Å². The predicted molar refractivity (Wildman–Crippen MR) is 68.5 cm³/mol. The maximum Gasteiger partial charge on any atom is 0.144 e. The van der Waals surface area contributed by atoms with E-state index in [4.69, 9.17) is 21.6 Å². The van der Waals surface area contributed by atoms with E-state index in [9.17, 15) is 0 Å². The molecule has 1 aliphatic rings. The third-order valence-electron chi connectivity index (χ3n) is 3.15. The number of benzene rings is 1. The van der Waals surface area contributed by atoms with Gasteiger partial charge in [0.2, 0.25) is 0 Å². The highest BCUT2D eigenvalue weighted by atomic mass is 35.5. The summed E-state index contributed by atoms with van der Waals surface area (Å²) < 4.78 is 5.35. The van der Waals surface area contributed by atoms with Crippen molar-refractivity contribution in [1.82, 2.24) is 0 Å². The molecule has 90 valence electrons. The smallest absolute Gasteiger partial charge is 0.144 e. The lowest BCUT2D eigenvalue weighted by Crippen LogP contribution is -2.14. The summed E-state index contributed by atoms with van der Waals surface area (Å²) in [4.78, 5) is 0. The molecule has 2 rings (SSSR count). The Morgan fingerprint density at radius 2 is 2.24 bits per heavy atom. The van der Waals surface area contributed by atoms with E-state index in [-0.39, 0.29) is 5.41 Å². The first-order chi connectivity index (χ1) is 8.10. The molecule has 0 aromatic heterocycles. The Hall–Kier alpha value is -1.40. The highest BCUT2D eigenvalue weighted by molar-refractivity contribution is 6.31. The van der Waals surface area contributed by atoms with Crippen LogP contribution in [0, 0.1) is 23.7 Å². The quantitative estimate of drug-likeness (QED) is 0.891. The molecule has 0 saturated heterocycles. The van der Waals surface area contributed by atoms with Crippen LogP contribution in [0.2, 0.25) is 5.02 Å². The largest absolute Gasteiger partial charge is 0.494 e. The van der Waals surface area contributed by atoms with Crippen LogP contribution in [0.15, 0.2) is 12.1 Å². The van der Waals surface area contributed by atoms with Gasteiger partial charge in [0, 0.05) is 11.6 Å².